The molecule has 7 aromatic carbocycles. The molecule has 1 nitrogen and oxygen atoms in total. The van der Waals surface area contributed by atoms with Crippen LogP contribution in [0.2, 0.25) is 0 Å². The molecular formula is C41H31N. The number of nitrogens with zero attached hydrogens (tertiary/aromatic N) is 1. The Labute approximate surface area is 247 Å². The van der Waals surface area contributed by atoms with Gasteiger partial charge in [-0.1, -0.05) is 129 Å². The minimum atomic E-state index is -0.0651. The lowest BCUT2D eigenvalue weighted by Gasteiger charge is -2.28. The van der Waals surface area contributed by atoms with E-state index in [1.54, 1.807) is 0 Å². The van der Waals surface area contributed by atoms with Crippen LogP contribution in [0.5, 0.6) is 0 Å². The first-order valence-corrected chi connectivity index (χ1v) is 14.7. The summed E-state index contributed by atoms with van der Waals surface area (Å²) in [7, 11) is 0. The summed E-state index contributed by atoms with van der Waals surface area (Å²) in [5.74, 6) is 0. The molecule has 0 amide bonds. The van der Waals surface area contributed by atoms with Gasteiger partial charge in [-0.25, -0.2) is 0 Å². The van der Waals surface area contributed by atoms with Crippen molar-refractivity contribution in [2.45, 2.75) is 19.3 Å². The molecule has 0 atom stereocenters. The first kappa shape index (κ1) is 24.6. The molecule has 0 aliphatic heterocycles. The zero-order chi connectivity index (χ0) is 28.3. The van der Waals surface area contributed by atoms with Crippen LogP contribution in [0.3, 0.4) is 0 Å². The second-order valence-electron chi connectivity index (χ2n) is 11.8. The van der Waals surface area contributed by atoms with Crippen LogP contribution < -0.4 is 4.90 Å². The largest absolute Gasteiger partial charge is 0.310 e. The lowest BCUT2D eigenvalue weighted by Crippen LogP contribution is -2.16. The standard InChI is InChI=1S/C41H31N/c1-41(2)39-15-9-8-14-36(39)37-25-24-34(27-40(37)41)42(32-21-18-29(19-22-32)28-10-4-3-5-11-28)33-23-20-31-17-16-30-12-6-7-13-35(30)38(31)26-33/h3-27H,1-2H3. The average Bonchev–Trinajstić information content (AvgIpc) is 3.28. The fourth-order valence-electron chi connectivity index (χ4n) is 6.84. The first-order chi connectivity index (χ1) is 20.6. The minimum absolute atomic E-state index is 0.0651. The highest BCUT2D eigenvalue weighted by molar-refractivity contribution is 6.09. The summed E-state index contributed by atoms with van der Waals surface area (Å²) in [6.45, 7) is 4.70. The van der Waals surface area contributed by atoms with Gasteiger partial charge in [0.05, 0.1) is 0 Å². The fourth-order valence-corrected chi connectivity index (χ4v) is 6.84. The highest BCUT2D eigenvalue weighted by Gasteiger charge is 2.35. The molecular weight excluding hydrogens is 506 g/mol. The zero-order valence-corrected chi connectivity index (χ0v) is 23.9. The average molecular weight is 538 g/mol. The van der Waals surface area contributed by atoms with E-state index in [4.69, 9.17) is 0 Å². The highest BCUT2D eigenvalue weighted by Crippen LogP contribution is 2.50. The van der Waals surface area contributed by atoms with Crippen molar-refractivity contribution < 1.29 is 0 Å². The van der Waals surface area contributed by atoms with E-state index in [0.29, 0.717) is 0 Å². The van der Waals surface area contributed by atoms with Gasteiger partial charge >= 0.3 is 0 Å². The zero-order valence-electron chi connectivity index (χ0n) is 23.9. The number of fused-ring (bicyclic) bond motifs is 6. The molecule has 0 heterocycles. The van der Waals surface area contributed by atoms with Crippen molar-refractivity contribution in [1.82, 2.24) is 0 Å². The van der Waals surface area contributed by atoms with Gasteiger partial charge in [0, 0.05) is 22.5 Å². The fraction of sp³-hybridized carbons (Fsp3) is 0.0732. The summed E-state index contributed by atoms with van der Waals surface area (Å²) in [6, 6.07) is 55.4. The molecule has 0 bridgehead atoms. The van der Waals surface area contributed by atoms with Crippen molar-refractivity contribution >= 4 is 38.6 Å². The van der Waals surface area contributed by atoms with Gasteiger partial charge in [0.25, 0.3) is 0 Å². The molecule has 200 valence electrons. The van der Waals surface area contributed by atoms with Gasteiger partial charge in [-0.15, -0.1) is 0 Å². The molecule has 8 rings (SSSR count). The van der Waals surface area contributed by atoms with Crippen molar-refractivity contribution in [3.8, 4) is 22.3 Å². The molecule has 0 saturated carbocycles. The van der Waals surface area contributed by atoms with Gasteiger partial charge in [0.1, 0.15) is 0 Å². The van der Waals surface area contributed by atoms with E-state index in [0.717, 1.165) is 11.4 Å². The molecule has 0 saturated heterocycles. The third-order valence-electron chi connectivity index (χ3n) is 9.05. The molecule has 1 aliphatic rings. The Morgan fingerprint density at radius 1 is 0.405 bits per heavy atom. The second-order valence-corrected chi connectivity index (χ2v) is 11.8. The van der Waals surface area contributed by atoms with Crippen LogP contribution >= 0.6 is 0 Å². The van der Waals surface area contributed by atoms with Gasteiger partial charge in [-0.2, -0.15) is 0 Å². The van der Waals surface area contributed by atoms with Gasteiger partial charge in [0.2, 0.25) is 0 Å². The molecule has 0 aromatic heterocycles. The van der Waals surface area contributed by atoms with E-state index in [1.165, 1.54) is 60.6 Å². The van der Waals surface area contributed by atoms with Crippen LogP contribution in [-0.2, 0) is 5.41 Å². The van der Waals surface area contributed by atoms with Crippen LogP contribution in [0.15, 0.2) is 152 Å². The van der Waals surface area contributed by atoms with Gasteiger partial charge in [-0.3, -0.25) is 0 Å². The molecule has 0 fully saturated rings. The lowest BCUT2D eigenvalue weighted by molar-refractivity contribution is 0.660. The quantitative estimate of drug-likeness (QED) is 0.202. The third kappa shape index (κ3) is 3.85. The molecule has 0 N–H and O–H groups in total. The monoisotopic (exact) mass is 537 g/mol. The molecule has 7 aromatic rings. The summed E-state index contributed by atoms with van der Waals surface area (Å²) in [4.78, 5) is 2.41. The topological polar surface area (TPSA) is 3.24 Å². The van der Waals surface area contributed by atoms with Crippen molar-refractivity contribution in [2.75, 3.05) is 4.90 Å². The van der Waals surface area contributed by atoms with Crippen LogP contribution in [0.25, 0.3) is 43.8 Å². The van der Waals surface area contributed by atoms with Gasteiger partial charge in [-0.05, 0) is 91.3 Å². The van der Waals surface area contributed by atoms with E-state index in [1.807, 2.05) is 0 Å². The molecule has 0 unspecified atom stereocenters. The van der Waals surface area contributed by atoms with Crippen LogP contribution in [0.4, 0.5) is 17.1 Å². The Balaban J connectivity index is 1.32. The smallest absolute Gasteiger partial charge is 0.0468 e. The van der Waals surface area contributed by atoms with Crippen LogP contribution in [-0.4, -0.2) is 0 Å². The maximum Gasteiger partial charge on any atom is 0.0468 e. The van der Waals surface area contributed by atoms with E-state index in [9.17, 15) is 0 Å². The summed E-state index contributed by atoms with van der Waals surface area (Å²) in [5, 5.41) is 5.06. The first-order valence-electron chi connectivity index (χ1n) is 14.7. The maximum absolute atomic E-state index is 2.41. The number of hydrogen-bond acceptors (Lipinski definition) is 1. The SMILES string of the molecule is CC1(C)c2ccccc2-c2ccc(N(c3ccc(-c4ccccc4)cc3)c3ccc4ccc5ccccc5c4c3)cc21. The normalized spacial score (nSPS) is 13.2. The van der Waals surface area contributed by atoms with Gasteiger partial charge in [0.15, 0.2) is 0 Å². The molecule has 0 radical (unpaired) electrons. The molecule has 1 aliphatic carbocycles. The van der Waals surface area contributed by atoms with Crippen LogP contribution in [0, 0.1) is 0 Å². The number of rotatable bonds is 4. The highest BCUT2D eigenvalue weighted by atomic mass is 15.1. The summed E-state index contributed by atoms with van der Waals surface area (Å²) >= 11 is 0. The van der Waals surface area contributed by atoms with Gasteiger partial charge < -0.3 is 4.90 Å². The predicted octanol–water partition coefficient (Wildman–Crippen LogP) is 11.4. The Morgan fingerprint density at radius 2 is 0.976 bits per heavy atom. The lowest BCUT2D eigenvalue weighted by atomic mass is 9.82. The van der Waals surface area contributed by atoms with Crippen molar-refractivity contribution in [3.63, 3.8) is 0 Å². The Bertz CT molecular complexity index is 2100. The van der Waals surface area contributed by atoms with E-state index < -0.39 is 0 Å². The number of hydrogen-bond donors (Lipinski definition) is 0. The number of anilines is 3. The molecule has 42 heavy (non-hydrogen) atoms. The summed E-state index contributed by atoms with van der Waals surface area (Å²) in [5.41, 5.74) is 11.3. The van der Waals surface area contributed by atoms with Crippen LogP contribution in [0.1, 0.15) is 25.0 Å². The Morgan fingerprint density at radius 3 is 1.81 bits per heavy atom. The predicted molar refractivity (Wildman–Crippen MR) is 179 cm³/mol. The summed E-state index contributed by atoms with van der Waals surface area (Å²) < 4.78 is 0. The molecule has 0 spiro atoms. The number of benzene rings is 7. The third-order valence-corrected chi connectivity index (χ3v) is 9.05. The van der Waals surface area contributed by atoms with Crippen molar-refractivity contribution in [3.05, 3.63) is 163 Å². The van der Waals surface area contributed by atoms with Crippen molar-refractivity contribution in [1.29, 1.82) is 0 Å². The maximum atomic E-state index is 2.41. The Kier molecular flexibility index (Phi) is 5.55. The van der Waals surface area contributed by atoms with E-state index in [-0.39, 0.29) is 5.41 Å². The molecule has 1 heteroatoms. The van der Waals surface area contributed by atoms with E-state index in [2.05, 4.69) is 170 Å². The second kappa shape index (κ2) is 9.46. The summed E-state index contributed by atoms with van der Waals surface area (Å²) in [6.07, 6.45) is 0. The van der Waals surface area contributed by atoms with Crippen molar-refractivity contribution in [2.24, 2.45) is 0 Å². The Hall–Kier alpha value is -5.14. The van der Waals surface area contributed by atoms with E-state index >= 15 is 0 Å². The minimum Gasteiger partial charge on any atom is -0.310 e.